The van der Waals surface area contributed by atoms with Gasteiger partial charge in [0.05, 0.1) is 12.4 Å². The molecule has 4 atom stereocenters. The van der Waals surface area contributed by atoms with Gasteiger partial charge in [-0.1, -0.05) is 12.1 Å². The molecule has 6 N–H and O–H groups in total. The van der Waals surface area contributed by atoms with E-state index in [1.807, 2.05) is 0 Å². The van der Waals surface area contributed by atoms with Gasteiger partial charge in [-0.15, -0.1) is 0 Å². The van der Waals surface area contributed by atoms with Crippen LogP contribution in [0.15, 0.2) is 36.8 Å². The Balaban J connectivity index is 1.55. The molecule has 12 nitrogen and oxygen atoms in total. The highest BCUT2D eigenvalue weighted by Crippen LogP contribution is 2.20. The number of hydrogen-bond acceptors (Lipinski definition) is 7. The van der Waals surface area contributed by atoms with Gasteiger partial charge in [-0.25, -0.2) is 9.78 Å². The molecule has 2 aliphatic heterocycles. The molecule has 2 fully saturated rings. The number of phenols is 1. The molecular weight excluding hydrogens is 480 g/mol. The molecule has 4 unspecified atom stereocenters. The summed E-state index contributed by atoms with van der Waals surface area (Å²) in [4.78, 5) is 59.7. The summed E-state index contributed by atoms with van der Waals surface area (Å²) >= 11 is 0. The number of rotatable bonds is 10. The van der Waals surface area contributed by atoms with Crippen LogP contribution in [0.2, 0.25) is 0 Å². The highest BCUT2D eigenvalue weighted by molar-refractivity contribution is 5.94. The van der Waals surface area contributed by atoms with Crippen LogP contribution in [0.5, 0.6) is 5.75 Å². The number of carbonyl (C=O) groups excluding carboxylic acids is 3. The molecule has 12 heteroatoms. The molecule has 3 heterocycles. The molecule has 2 saturated heterocycles. The van der Waals surface area contributed by atoms with Crippen molar-refractivity contribution in [2.75, 3.05) is 13.1 Å². The topological polar surface area (TPSA) is 177 Å². The fourth-order valence-corrected chi connectivity index (χ4v) is 4.83. The Kier molecular flexibility index (Phi) is 8.39. The summed E-state index contributed by atoms with van der Waals surface area (Å²) in [5.41, 5.74) is 1.30. The monoisotopic (exact) mass is 512 g/mol. The van der Waals surface area contributed by atoms with Crippen LogP contribution in [0.1, 0.15) is 36.9 Å². The van der Waals surface area contributed by atoms with Crippen LogP contribution < -0.4 is 16.0 Å². The second kappa shape index (κ2) is 11.9. The lowest BCUT2D eigenvalue weighted by Gasteiger charge is -2.29. The molecule has 0 saturated carbocycles. The molecule has 1 aromatic carbocycles. The molecule has 3 amide bonds. The van der Waals surface area contributed by atoms with Crippen molar-refractivity contribution in [1.29, 1.82) is 0 Å². The van der Waals surface area contributed by atoms with E-state index >= 15 is 0 Å². The quantitative estimate of drug-likeness (QED) is 0.251. The zero-order valence-electron chi connectivity index (χ0n) is 20.4. The van der Waals surface area contributed by atoms with Crippen molar-refractivity contribution in [3.05, 3.63) is 48.0 Å². The number of H-pyrrole nitrogens is 1. The van der Waals surface area contributed by atoms with Crippen LogP contribution in [0.25, 0.3) is 0 Å². The molecule has 37 heavy (non-hydrogen) atoms. The summed E-state index contributed by atoms with van der Waals surface area (Å²) in [7, 11) is 0. The average Bonchev–Trinajstić information content (AvgIpc) is 3.66. The Bertz CT molecular complexity index is 1100. The molecule has 4 rings (SSSR count). The van der Waals surface area contributed by atoms with E-state index < -0.39 is 42.0 Å². The molecule has 0 radical (unpaired) electrons. The Labute approximate surface area is 213 Å². The maximum Gasteiger partial charge on any atom is 0.326 e. The summed E-state index contributed by atoms with van der Waals surface area (Å²) in [6.07, 6.45) is 5.66. The van der Waals surface area contributed by atoms with Gasteiger partial charge >= 0.3 is 5.97 Å². The summed E-state index contributed by atoms with van der Waals surface area (Å²) in [6, 6.07) is 2.82. The number of aromatic amines is 1. The normalized spacial score (nSPS) is 20.8. The fourth-order valence-electron chi connectivity index (χ4n) is 4.83. The highest BCUT2D eigenvalue weighted by Gasteiger charge is 2.38. The fraction of sp³-hybridized carbons (Fsp3) is 0.480. The van der Waals surface area contributed by atoms with Gasteiger partial charge in [-0.3, -0.25) is 14.4 Å². The minimum absolute atomic E-state index is 0.0593. The molecule has 1 aromatic heterocycles. The maximum atomic E-state index is 13.5. The van der Waals surface area contributed by atoms with E-state index in [2.05, 4.69) is 25.9 Å². The first kappa shape index (κ1) is 26.1. The zero-order valence-corrected chi connectivity index (χ0v) is 20.4. The van der Waals surface area contributed by atoms with Crippen LogP contribution in [0, 0.1) is 0 Å². The van der Waals surface area contributed by atoms with Crippen molar-refractivity contribution >= 4 is 23.7 Å². The smallest absolute Gasteiger partial charge is 0.326 e. The van der Waals surface area contributed by atoms with E-state index in [1.54, 1.807) is 18.3 Å². The molecule has 0 bridgehead atoms. The van der Waals surface area contributed by atoms with E-state index in [4.69, 9.17) is 0 Å². The van der Waals surface area contributed by atoms with Gasteiger partial charge in [0.2, 0.25) is 17.7 Å². The van der Waals surface area contributed by atoms with Crippen molar-refractivity contribution in [1.82, 2.24) is 30.8 Å². The molecule has 2 aliphatic rings. The number of nitrogens with zero attached hydrogens (tertiary/aromatic N) is 2. The number of hydrogen-bond donors (Lipinski definition) is 6. The largest absolute Gasteiger partial charge is 0.508 e. The summed E-state index contributed by atoms with van der Waals surface area (Å²) < 4.78 is 0. The standard InChI is InChI=1S/C25H32N6O6/c32-17-7-5-15(6-8-17)11-20(24(35)31-10-2-4-21(31)25(36)37)30-23(34)19(12-16-13-26-14-28-16)29-22(33)18-3-1-9-27-18/h5-8,13-14,18-21,27,32H,1-4,9-12H2,(H,26,28)(H,29,33)(H,30,34)(H,36,37). The highest BCUT2D eigenvalue weighted by atomic mass is 16.4. The Morgan fingerprint density at radius 3 is 2.49 bits per heavy atom. The van der Waals surface area contributed by atoms with E-state index in [0.717, 1.165) is 13.0 Å². The first-order chi connectivity index (χ1) is 17.8. The molecule has 198 valence electrons. The predicted molar refractivity (Wildman–Crippen MR) is 131 cm³/mol. The number of aliphatic carboxylic acids is 1. The van der Waals surface area contributed by atoms with Gasteiger partial charge < -0.3 is 36.0 Å². The number of carbonyl (C=O) groups is 4. The van der Waals surface area contributed by atoms with Gasteiger partial charge in [0.25, 0.3) is 0 Å². The SMILES string of the molecule is O=C(NC(Cc1cnc[nH]1)C(=O)NC(Cc1ccc(O)cc1)C(=O)N1CCCC1C(=O)O)C1CCCN1. The molecule has 0 aliphatic carbocycles. The number of phenolic OH excluding ortho intramolecular Hbond substituents is 1. The Hall–Kier alpha value is -3.93. The number of imidazole rings is 1. The van der Waals surface area contributed by atoms with E-state index in [1.165, 1.54) is 23.4 Å². The van der Waals surface area contributed by atoms with Crippen LogP contribution in [-0.2, 0) is 32.0 Å². The van der Waals surface area contributed by atoms with Crippen molar-refractivity contribution in [3.63, 3.8) is 0 Å². The minimum Gasteiger partial charge on any atom is -0.508 e. The van der Waals surface area contributed by atoms with E-state index in [-0.39, 0.29) is 31.0 Å². The lowest BCUT2D eigenvalue weighted by atomic mass is 10.0. The number of nitrogens with one attached hydrogen (secondary N) is 4. The van der Waals surface area contributed by atoms with Crippen molar-refractivity contribution in [3.8, 4) is 5.75 Å². The molecular formula is C25H32N6O6. The third-order valence-corrected chi connectivity index (χ3v) is 6.80. The third-order valence-electron chi connectivity index (χ3n) is 6.80. The molecule has 0 spiro atoms. The first-order valence-corrected chi connectivity index (χ1v) is 12.4. The van der Waals surface area contributed by atoms with E-state index in [0.29, 0.717) is 30.5 Å². The van der Waals surface area contributed by atoms with E-state index in [9.17, 15) is 29.4 Å². The number of amides is 3. The van der Waals surface area contributed by atoms with Crippen LogP contribution in [0.3, 0.4) is 0 Å². The number of likely N-dealkylation sites (tertiary alicyclic amines) is 1. The predicted octanol–water partition coefficient (Wildman–Crippen LogP) is -0.302. The lowest BCUT2D eigenvalue weighted by Crippen LogP contribution is -2.58. The summed E-state index contributed by atoms with van der Waals surface area (Å²) in [5.74, 6) is -2.40. The summed E-state index contributed by atoms with van der Waals surface area (Å²) in [6.45, 7) is 0.999. The maximum absolute atomic E-state index is 13.5. The van der Waals surface area contributed by atoms with Gasteiger partial charge in [-0.2, -0.15) is 0 Å². The zero-order chi connectivity index (χ0) is 26.4. The Morgan fingerprint density at radius 2 is 1.84 bits per heavy atom. The van der Waals surface area contributed by atoms with Gasteiger partial charge in [0.15, 0.2) is 0 Å². The molecule has 2 aromatic rings. The van der Waals surface area contributed by atoms with Gasteiger partial charge in [0.1, 0.15) is 23.9 Å². The lowest BCUT2D eigenvalue weighted by molar-refractivity contribution is -0.149. The Morgan fingerprint density at radius 1 is 1.05 bits per heavy atom. The number of aromatic hydroxyl groups is 1. The third kappa shape index (κ3) is 6.64. The van der Waals surface area contributed by atoms with Crippen molar-refractivity contribution in [2.45, 2.75) is 62.7 Å². The number of benzene rings is 1. The van der Waals surface area contributed by atoms with Gasteiger partial charge in [-0.05, 0) is 49.9 Å². The van der Waals surface area contributed by atoms with Crippen LogP contribution >= 0.6 is 0 Å². The van der Waals surface area contributed by atoms with Crippen LogP contribution in [-0.4, -0.2) is 86.0 Å². The van der Waals surface area contributed by atoms with Crippen molar-refractivity contribution < 1.29 is 29.4 Å². The number of aromatic nitrogens is 2. The summed E-state index contributed by atoms with van der Waals surface area (Å²) in [5, 5.41) is 27.9. The minimum atomic E-state index is -1.09. The van der Waals surface area contributed by atoms with Crippen molar-refractivity contribution in [2.24, 2.45) is 0 Å². The van der Waals surface area contributed by atoms with Crippen LogP contribution in [0.4, 0.5) is 0 Å². The van der Waals surface area contributed by atoms with Gasteiger partial charge in [0, 0.05) is 31.3 Å². The number of carboxylic acid groups (broad SMARTS) is 1. The average molecular weight is 513 g/mol. The second-order valence-electron chi connectivity index (χ2n) is 9.45. The first-order valence-electron chi connectivity index (χ1n) is 12.4. The second-order valence-corrected chi connectivity index (χ2v) is 9.45. The number of carboxylic acids is 1.